The third kappa shape index (κ3) is 4.17. The number of hydrogen-bond donors (Lipinski definition) is 2. The molecule has 0 aliphatic heterocycles. The molecule has 0 aromatic carbocycles. The van der Waals surface area contributed by atoms with E-state index in [0.29, 0.717) is 17.3 Å². The Morgan fingerprint density at radius 1 is 1.33 bits per heavy atom. The second-order valence-electron chi connectivity index (χ2n) is 5.22. The molecule has 114 valence electrons. The molecule has 1 amide bonds. The lowest BCUT2D eigenvalue weighted by Gasteiger charge is -2.29. The Labute approximate surface area is 130 Å². The van der Waals surface area contributed by atoms with Crippen LogP contribution < -0.4 is 10.9 Å². The van der Waals surface area contributed by atoms with Gasteiger partial charge in [-0.1, -0.05) is 12.8 Å². The van der Waals surface area contributed by atoms with Gasteiger partial charge in [-0.05, 0) is 34.8 Å². The van der Waals surface area contributed by atoms with E-state index in [-0.39, 0.29) is 24.1 Å². The van der Waals surface area contributed by atoms with Crippen LogP contribution in [0.25, 0.3) is 0 Å². The lowest BCUT2D eigenvalue weighted by molar-refractivity contribution is -0.144. The first-order valence-electron chi connectivity index (χ1n) is 6.85. The van der Waals surface area contributed by atoms with E-state index < -0.39 is 11.9 Å². The van der Waals surface area contributed by atoms with Gasteiger partial charge >= 0.3 is 5.97 Å². The molecule has 21 heavy (non-hydrogen) atoms. The Morgan fingerprint density at radius 2 is 2.05 bits per heavy atom. The molecule has 6 nitrogen and oxygen atoms in total. The number of carbonyl (C=O) groups excluding carboxylic acids is 1. The molecule has 7 heteroatoms. The molecule has 1 aromatic rings. The summed E-state index contributed by atoms with van der Waals surface area (Å²) in [6, 6.07) is 2.63. The summed E-state index contributed by atoms with van der Waals surface area (Å²) in [5.41, 5.74) is -0.272. The molecule has 1 saturated carbocycles. The van der Waals surface area contributed by atoms with Crippen LogP contribution in [0.5, 0.6) is 0 Å². The van der Waals surface area contributed by atoms with Crippen molar-refractivity contribution < 1.29 is 14.7 Å². The van der Waals surface area contributed by atoms with Crippen LogP contribution in [-0.2, 0) is 16.1 Å². The van der Waals surface area contributed by atoms with E-state index in [1.807, 2.05) is 0 Å². The third-order valence-electron chi connectivity index (χ3n) is 3.69. The van der Waals surface area contributed by atoms with Gasteiger partial charge in [0.05, 0.1) is 5.92 Å². The minimum absolute atomic E-state index is 0.110. The maximum Gasteiger partial charge on any atom is 0.308 e. The monoisotopic (exact) mass is 356 g/mol. The number of nitrogens with one attached hydrogen (secondary N) is 1. The number of carboxylic acids is 1. The van der Waals surface area contributed by atoms with Gasteiger partial charge < -0.3 is 15.0 Å². The van der Waals surface area contributed by atoms with Gasteiger partial charge in [0, 0.05) is 22.8 Å². The van der Waals surface area contributed by atoms with E-state index >= 15 is 0 Å². The fourth-order valence-corrected chi connectivity index (χ4v) is 3.01. The summed E-state index contributed by atoms with van der Waals surface area (Å²) in [7, 11) is 0. The highest BCUT2D eigenvalue weighted by Gasteiger charge is 2.31. The standard InChI is InChI=1S/C14H17BrN2O4/c15-9-5-6-13(19)17(7-9)8-12(18)16-11-4-2-1-3-10(11)14(20)21/h5-7,10-11H,1-4,8H2,(H,16,18)(H,20,21). The topological polar surface area (TPSA) is 88.4 Å². The summed E-state index contributed by atoms with van der Waals surface area (Å²) in [4.78, 5) is 34.9. The number of aliphatic carboxylic acids is 1. The zero-order chi connectivity index (χ0) is 15.4. The van der Waals surface area contributed by atoms with Crippen LogP contribution in [0.15, 0.2) is 27.6 Å². The molecule has 2 N–H and O–H groups in total. The van der Waals surface area contributed by atoms with Crippen LogP contribution in [0.4, 0.5) is 0 Å². The Hall–Kier alpha value is -1.63. The van der Waals surface area contributed by atoms with Crippen molar-refractivity contribution in [2.24, 2.45) is 5.92 Å². The first-order valence-corrected chi connectivity index (χ1v) is 7.65. The molecule has 0 radical (unpaired) electrons. The minimum atomic E-state index is -0.875. The van der Waals surface area contributed by atoms with E-state index in [1.54, 1.807) is 6.07 Å². The van der Waals surface area contributed by atoms with Crippen LogP contribution in [0.1, 0.15) is 25.7 Å². The lowest BCUT2D eigenvalue weighted by atomic mass is 9.84. The highest BCUT2D eigenvalue weighted by Crippen LogP contribution is 2.24. The average molecular weight is 357 g/mol. The highest BCUT2D eigenvalue weighted by atomic mass is 79.9. The average Bonchev–Trinajstić information content (AvgIpc) is 2.43. The van der Waals surface area contributed by atoms with Crippen LogP contribution in [0.2, 0.25) is 0 Å². The number of amides is 1. The maximum absolute atomic E-state index is 12.0. The molecule has 1 heterocycles. The third-order valence-corrected chi connectivity index (χ3v) is 4.16. The number of halogens is 1. The molecule has 1 aromatic heterocycles. The second-order valence-corrected chi connectivity index (χ2v) is 6.13. The van der Waals surface area contributed by atoms with E-state index in [0.717, 1.165) is 12.8 Å². The predicted molar refractivity (Wildman–Crippen MR) is 79.9 cm³/mol. The zero-order valence-corrected chi connectivity index (χ0v) is 13.0. The fraction of sp³-hybridized carbons (Fsp3) is 0.500. The molecule has 2 rings (SSSR count). The van der Waals surface area contributed by atoms with Gasteiger partial charge in [0.15, 0.2) is 0 Å². The van der Waals surface area contributed by atoms with Crippen LogP contribution in [0, 0.1) is 5.92 Å². The SMILES string of the molecule is O=C(Cn1cc(Br)ccc1=O)NC1CCCCC1C(=O)O. The van der Waals surface area contributed by atoms with E-state index in [1.165, 1.54) is 16.8 Å². The predicted octanol–water partition coefficient (Wildman–Crippen LogP) is 1.37. The van der Waals surface area contributed by atoms with Crippen molar-refractivity contribution in [1.82, 2.24) is 9.88 Å². The maximum atomic E-state index is 12.0. The Balaban J connectivity index is 2.02. The summed E-state index contributed by atoms with van der Waals surface area (Å²) >= 11 is 3.24. The van der Waals surface area contributed by atoms with Crippen molar-refractivity contribution >= 4 is 27.8 Å². The molecule has 1 aliphatic rings. The zero-order valence-electron chi connectivity index (χ0n) is 11.4. The number of rotatable bonds is 4. The first-order chi connectivity index (χ1) is 9.97. The largest absolute Gasteiger partial charge is 0.481 e. The molecular weight excluding hydrogens is 340 g/mol. The number of aromatic nitrogens is 1. The van der Waals surface area contributed by atoms with Crippen molar-refractivity contribution in [1.29, 1.82) is 0 Å². The normalized spacial score (nSPS) is 21.8. The molecule has 0 bridgehead atoms. The summed E-state index contributed by atoms with van der Waals surface area (Å²) < 4.78 is 1.99. The number of carboxylic acid groups (broad SMARTS) is 1. The Morgan fingerprint density at radius 3 is 2.76 bits per heavy atom. The number of nitrogens with zero attached hydrogens (tertiary/aromatic N) is 1. The molecule has 0 saturated heterocycles. The van der Waals surface area contributed by atoms with Gasteiger partial charge in [-0.3, -0.25) is 14.4 Å². The minimum Gasteiger partial charge on any atom is -0.481 e. The van der Waals surface area contributed by atoms with Gasteiger partial charge in [0.1, 0.15) is 6.54 Å². The van der Waals surface area contributed by atoms with Crippen LogP contribution in [0.3, 0.4) is 0 Å². The van der Waals surface area contributed by atoms with Crippen LogP contribution in [-0.4, -0.2) is 27.6 Å². The number of pyridine rings is 1. The lowest BCUT2D eigenvalue weighted by Crippen LogP contribution is -2.46. The summed E-state index contributed by atoms with van der Waals surface area (Å²) in [5, 5.41) is 11.9. The molecule has 2 unspecified atom stereocenters. The van der Waals surface area contributed by atoms with Crippen molar-refractivity contribution in [2.45, 2.75) is 38.3 Å². The van der Waals surface area contributed by atoms with E-state index in [2.05, 4.69) is 21.2 Å². The van der Waals surface area contributed by atoms with Gasteiger partial charge in [0.25, 0.3) is 5.56 Å². The fourth-order valence-electron chi connectivity index (χ4n) is 2.63. The van der Waals surface area contributed by atoms with Gasteiger partial charge in [-0.15, -0.1) is 0 Å². The number of hydrogen-bond acceptors (Lipinski definition) is 3. The van der Waals surface area contributed by atoms with E-state index in [4.69, 9.17) is 0 Å². The summed E-state index contributed by atoms with van der Waals surface area (Å²) in [6.45, 7) is -0.110. The van der Waals surface area contributed by atoms with Crippen molar-refractivity contribution in [2.75, 3.05) is 0 Å². The summed E-state index contributed by atoms with van der Waals surface area (Å²) in [6.07, 6.45) is 4.56. The van der Waals surface area contributed by atoms with Crippen molar-refractivity contribution in [3.8, 4) is 0 Å². The number of carbonyl (C=O) groups is 2. The van der Waals surface area contributed by atoms with Gasteiger partial charge in [-0.25, -0.2) is 0 Å². The molecule has 0 spiro atoms. The molecule has 1 aliphatic carbocycles. The van der Waals surface area contributed by atoms with Crippen molar-refractivity contribution in [3.63, 3.8) is 0 Å². The second kappa shape index (κ2) is 6.89. The van der Waals surface area contributed by atoms with Gasteiger partial charge in [0.2, 0.25) is 5.91 Å². The van der Waals surface area contributed by atoms with Crippen LogP contribution >= 0.6 is 15.9 Å². The quantitative estimate of drug-likeness (QED) is 0.852. The summed E-state index contributed by atoms with van der Waals surface area (Å²) in [5.74, 6) is -1.75. The Kier molecular flexibility index (Phi) is 5.17. The van der Waals surface area contributed by atoms with Gasteiger partial charge in [-0.2, -0.15) is 0 Å². The highest BCUT2D eigenvalue weighted by molar-refractivity contribution is 9.10. The molecule has 2 atom stereocenters. The Bertz CT molecular complexity index is 599. The smallest absolute Gasteiger partial charge is 0.308 e. The molecule has 1 fully saturated rings. The van der Waals surface area contributed by atoms with Crippen molar-refractivity contribution in [3.05, 3.63) is 33.2 Å². The molecular formula is C14H17BrN2O4. The first kappa shape index (κ1) is 15.8. The van der Waals surface area contributed by atoms with E-state index in [9.17, 15) is 19.5 Å².